The molecule has 0 aromatic rings. The Hall–Kier alpha value is -1.70. The van der Waals surface area contributed by atoms with Crippen molar-refractivity contribution >= 4 is 17.9 Å². The number of esters is 3. The summed E-state index contributed by atoms with van der Waals surface area (Å²) in [6, 6.07) is 0. The second-order valence-electron chi connectivity index (χ2n) is 4.65. The third-order valence-electron chi connectivity index (χ3n) is 2.86. The Morgan fingerprint density at radius 3 is 2.10 bits per heavy atom. The SMILES string of the molecule is CC[C@H](OC(C)=O)[C@H]1O[C@H](OC(C)=O)[C@H](OC(C)=O)[C@H]1F. The lowest BCUT2D eigenvalue weighted by Crippen LogP contribution is -2.39. The lowest BCUT2D eigenvalue weighted by atomic mass is 10.0. The smallest absolute Gasteiger partial charge is 0.305 e. The van der Waals surface area contributed by atoms with Crippen molar-refractivity contribution in [2.24, 2.45) is 0 Å². The van der Waals surface area contributed by atoms with Crippen molar-refractivity contribution in [1.29, 1.82) is 0 Å². The highest BCUT2D eigenvalue weighted by molar-refractivity contribution is 5.67. The highest BCUT2D eigenvalue weighted by Crippen LogP contribution is 2.31. The van der Waals surface area contributed by atoms with Gasteiger partial charge in [0.05, 0.1) is 0 Å². The van der Waals surface area contributed by atoms with Crippen LogP contribution in [0.25, 0.3) is 0 Å². The minimum Gasteiger partial charge on any atom is -0.460 e. The van der Waals surface area contributed by atoms with E-state index in [9.17, 15) is 18.8 Å². The van der Waals surface area contributed by atoms with Crippen molar-refractivity contribution in [2.75, 3.05) is 0 Å². The molecule has 1 fully saturated rings. The largest absolute Gasteiger partial charge is 0.460 e. The molecule has 8 heteroatoms. The van der Waals surface area contributed by atoms with E-state index in [2.05, 4.69) is 0 Å². The molecule has 21 heavy (non-hydrogen) atoms. The number of halogens is 1. The van der Waals surface area contributed by atoms with E-state index in [1.807, 2.05) is 0 Å². The van der Waals surface area contributed by atoms with Crippen LogP contribution in [0.1, 0.15) is 34.1 Å². The van der Waals surface area contributed by atoms with Crippen LogP contribution in [0, 0.1) is 0 Å². The molecule has 1 heterocycles. The van der Waals surface area contributed by atoms with E-state index in [-0.39, 0.29) is 0 Å². The summed E-state index contributed by atoms with van der Waals surface area (Å²) in [7, 11) is 0. The molecular formula is C13H19FO7. The molecule has 120 valence electrons. The predicted octanol–water partition coefficient (Wildman–Crippen LogP) is 0.886. The zero-order valence-corrected chi connectivity index (χ0v) is 12.3. The number of hydrogen-bond acceptors (Lipinski definition) is 7. The molecule has 1 rings (SSSR count). The topological polar surface area (TPSA) is 88.1 Å². The molecule has 1 aliphatic rings. The van der Waals surface area contributed by atoms with Crippen molar-refractivity contribution in [3.63, 3.8) is 0 Å². The number of rotatable bonds is 5. The minimum atomic E-state index is -1.78. The van der Waals surface area contributed by atoms with Gasteiger partial charge in [0.1, 0.15) is 12.2 Å². The Morgan fingerprint density at radius 1 is 1.10 bits per heavy atom. The summed E-state index contributed by atoms with van der Waals surface area (Å²) in [6.45, 7) is 5.11. The van der Waals surface area contributed by atoms with Gasteiger partial charge in [-0.2, -0.15) is 0 Å². The van der Waals surface area contributed by atoms with Crippen molar-refractivity contribution in [2.45, 2.75) is 64.9 Å². The van der Waals surface area contributed by atoms with E-state index in [0.29, 0.717) is 6.42 Å². The minimum absolute atomic E-state index is 0.296. The molecule has 0 aromatic carbocycles. The van der Waals surface area contributed by atoms with Crippen LogP contribution >= 0.6 is 0 Å². The van der Waals surface area contributed by atoms with Crippen molar-refractivity contribution < 1.29 is 37.7 Å². The van der Waals surface area contributed by atoms with E-state index < -0.39 is 48.7 Å². The van der Waals surface area contributed by atoms with Crippen LogP contribution in [0.4, 0.5) is 4.39 Å². The Bertz CT molecular complexity index is 411. The average molecular weight is 306 g/mol. The monoisotopic (exact) mass is 306 g/mol. The maximum Gasteiger partial charge on any atom is 0.305 e. The molecule has 0 spiro atoms. The van der Waals surface area contributed by atoms with E-state index >= 15 is 0 Å². The van der Waals surface area contributed by atoms with Gasteiger partial charge in [0, 0.05) is 20.8 Å². The average Bonchev–Trinajstić information content (AvgIpc) is 2.63. The van der Waals surface area contributed by atoms with Crippen LogP contribution in [-0.2, 0) is 33.3 Å². The third kappa shape index (κ3) is 4.66. The zero-order chi connectivity index (χ0) is 16.2. The summed E-state index contributed by atoms with van der Waals surface area (Å²) in [4.78, 5) is 33.1. The second kappa shape index (κ2) is 7.35. The number of carbonyl (C=O) groups is 3. The molecule has 7 nitrogen and oxygen atoms in total. The first-order chi connectivity index (χ1) is 9.76. The van der Waals surface area contributed by atoms with E-state index in [1.165, 1.54) is 6.92 Å². The summed E-state index contributed by atoms with van der Waals surface area (Å²) in [5.74, 6) is -2.02. The molecular weight excluding hydrogens is 287 g/mol. The molecule has 0 aromatic heterocycles. The van der Waals surface area contributed by atoms with Gasteiger partial charge in [0.15, 0.2) is 12.3 Å². The number of hydrogen-bond donors (Lipinski definition) is 0. The fourth-order valence-corrected chi connectivity index (χ4v) is 2.10. The van der Waals surface area contributed by atoms with Crippen LogP contribution < -0.4 is 0 Å². The lowest BCUT2D eigenvalue weighted by molar-refractivity contribution is -0.201. The first kappa shape index (κ1) is 17.4. The van der Waals surface area contributed by atoms with Crippen molar-refractivity contribution in [3.05, 3.63) is 0 Å². The Morgan fingerprint density at radius 2 is 1.67 bits per heavy atom. The van der Waals surface area contributed by atoms with Gasteiger partial charge in [-0.25, -0.2) is 4.39 Å². The summed E-state index contributed by atoms with van der Waals surface area (Å²) in [5, 5.41) is 0. The fourth-order valence-electron chi connectivity index (χ4n) is 2.10. The zero-order valence-electron chi connectivity index (χ0n) is 12.3. The van der Waals surface area contributed by atoms with Crippen LogP contribution in [0.3, 0.4) is 0 Å². The quantitative estimate of drug-likeness (QED) is 0.550. The summed E-state index contributed by atoms with van der Waals surface area (Å²) in [5.41, 5.74) is 0. The highest BCUT2D eigenvalue weighted by atomic mass is 19.1. The number of carbonyl (C=O) groups excluding carboxylic acids is 3. The molecule has 0 N–H and O–H groups in total. The molecule has 0 saturated carbocycles. The Balaban J connectivity index is 2.89. The Labute approximate surface area is 121 Å². The summed E-state index contributed by atoms with van der Waals surface area (Å²) < 4.78 is 34.3. The molecule has 0 bridgehead atoms. The van der Waals surface area contributed by atoms with Gasteiger partial charge in [0.2, 0.25) is 6.29 Å². The lowest BCUT2D eigenvalue weighted by Gasteiger charge is -2.22. The second-order valence-corrected chi connectivity index (χ2v) is 4.65. The third-order valence-corrected chi connectivity index (χ3v) is 2.86. The molecule has 0 radical (unpaired) electrons. The van der Waals surface area contributed by atoms with Crippen molar-refractivity contribution in [1.82, 2.24) is 0 Å². The van der Waals surface area contributed by atoms with Gasteiger partial charge in [-0.15, -0.1) is 0 Å². The maximum atomic E-state index is 14.4. The van der Waals surface area contributed by atoms with Crippen LogP contribution in [0.5, 0.6) is 0 Å². The normalized spacial score (nSPS) is 29.6. The fraction of sp³-hybridized carbons (Fsp3) is 0.769. The van der Waals surface area contributed by atoms with Gasteiger partial charge in [-0.05, 0) is 6.42 Å². The van der Waals surface area contributed by atoms with Crippen molar-refractivity contribution in [3.8, 4) is 0 Å². The Kier molecular flexibility index (Phi) is 6.07. The first-order valence-electron chi connectivity index (χ1n) is 6.57. The number of ether oxygens (including phenoxy) is 4. The number of alkyl halides is 1. The molecule has 1 saturated heterocycles. The van der Waals surface area contributed by atoms with Gasteiger partial charge in [-0.1, -0.05) is 6.92 Å². The van der Waals surface area contributed by atoms with Gasteiger partial charge < -0.3 is 18.9 Å². The standard InChI is InChI=1S/C13H19FO7/c1-5-9(18-6(2)15)11-10(14)12(19-7(3)16)13(21-11)20-8(4)17/h9-13H,5H2,1-4H3/t9-,10-,11+,12+,13-/m0/s1. The highest BCUT2D eigenvalue weighted by Gasteiger charge is 2.52. The van der Waals surface area contributed by atoms with Crippen LogP contribution in [0.15, 0.2) is 0 Å². The molecule has 0 unspecified atom stereocenters. The maximum absolute atomic E-state index is 14.4. The van der Waals surface area contributed by atoms with Gasteiger partial charge in [-0.3, -0.25) is 14.4 Å². The summed E-state index contributed by atoms with van der Waals surface area (Å²) in [6.07, 6.45) is -6.27. The molecule has 0 amide bonds. The molecule has 1 aliphatic heterocycles. The molecule has 0 aliphatic carbocycles. The molecule has 5 atom stereocenters. The first-order valence-corrected chi connectivity index (χ1v) is 6.57. The van der Waals surface area contributed by atoms with E-state index in [4.69, 9.17) is 18.9 Å². The van der Waals surface area contributed by atoms with E-state index in [1.54, 1.807) is 6.92 Å². The predicted molar refractivity (Wildman–Crippen MR) is 66.7 cm³/mol. The van der Waals surface area contributed by atoms with Crippen LogP contribution in [-0.4, -0.2) is 48.7 Å². The summed E-state index contributed by atoms with van der Waals surface area (Å²) >= 11 is 0. The van der Waals surface area contributed by atoms with Gasteiger partial charge >= 0.3 is 17.9 Å². The van der Waals surface area contributed by atoms with Gasteiger partial charge in [0.25, 0.3) is 0 Å². The van der Waals surface area contributed by atoms with E-state index in [0.717, 1.165) is 13.8 Å². The van der Waals surface area contributed by atoms with Crippen LogP contribution in [0.2, 0.25) is 0 Å².